The van der Waals surface area contributed by atoms with Crippen LogP contribution in [0.15, 0.2) is 24.3 Å². The predicted octanol–water partition coefficient (Wildman–Crippen LogP) is 2.93. The smallest absolute Gasteiger partial charge is 0.122 e. The van der Waals surface area contributed by atoms with Crippen LogP contribution in [0.2, 0.25) is 0 Å². The third-order valence-corrected chi connectivity index (χ3v) is 3.38. The Bertz CT molecular complexity index is 340. The average Bonchev–Trinajstić information content (AvgIpc) is 2.74. The van der Waals surface area contributed by atoms with E-state index in [1.54, 1.807) is 0 Å². The van der Waals surface area contributed by atoms with Gasteiger partial charge in [0, 0.05) is 0 Å². The second-order valence-corrected chi connectivity index (χ2v) is 4.68. The van der Waals surface area contributed by atoms with Crippen LogP contribution in [-0.4, -0.2) is 17.3 Å². The van der Waals surface area contributed by atoms with Crippen molar-refractivity contribution >= 4 is 0 Å². The molecule has 1 aliphatic carbocycles. The number of aryl methyl sites for hydroxylation is 1. The van der Waals surface area contributed by atoms with Gasteiger partial charge in [-0.1, -0.05) is 38.0 Å². The first kappa shape index (κ1) is 11.5. The van der Waals surface area contributed by atoms with Crippen LogP contribution < -0.4 is 4.74 Å². The highest BCUT2D eigenvalue weighted by molar-refractivity contribution is 5.33. The molecule has 0 aromatic heterocycles. The van der Waals surface area contributed by atoms with E-state index >= 15 is 0 Å². The molecule has 0 aliphatic heterocycles. The molecule has 0 radical (unpaired) electrons. The third-order valence-electron chi connectivity index (χ3n) is 3.38. The molecule has 16 heavy (non-hydrogen) atoms. The van der Waals surface area contributed by atoms with Crippen molar-refractivity contribution in [1.29, 1.82) is 0 Å². The highest BCUT2D eigenvalue weighted by Crippen LogP contribution is 2.30. The molecule has 0 spiro atoms. The Kier molecular flexibility index (Phi) is 3.49. The van der Waals surface area contributed by atoms with Gasteiger partial charge in [0.15, 0.2) is 0 Å². The summed E-state index contributed by atoms with van der Waals surface area (Å²) in [5, 5.41) is 10.2. The van der Waals surface area contributed by atoms with Crippen molar-refractivity contribution in [2.75, 3.05) is 6.61 Å². The molecule has 2 rings (SSSR count). The standard InChI is InChI=1S/C14H20O2/c1-2-12-7-3-4-8-13(12)16-11-14(15)9-5-6-10-14/h3-4,7-8,15H,2,5-6,9-11H2,1H3. The minimum absolute atomic E-state index is 0.435. The molecule has 0 atom stereocenters. The van der Waals surface area contributed by atoms with E-state index in [0.717, 1.165) is 37.9 Å². The Hall–Kier alpha value is -1.02. The Balaban J connectivity index is 1.98. The molecule has 88 valence electrons. The fourth-order valence-corrected chi connectivity index (χ4v) is 2.33. The predicted molar refractivity (Wildman–Crippen MR) is 64.7 cm³/mol. The zero-order valence-corrected chi connectivity index (χ0v) is 9.91. The summed E-state index contributed by atoms with van der Waals surface area (Å²) in [5.74, 6) is 0.922. The second kappa shape index (κ2) is 4.88. The van der Waals surface area contributed by atoms with E-state index in [4.69, 9.17) is 4.74 Å². The molecule has 0 unspecified atom stereocenters. The van der Waals surface area contributed by atoms with Gasteiger partial charge in [0.1, 0.15) is 12.4 Å². The van der Waals surface area contributed by atoms with E-state index in [9.17, 15) is 5.11 Å². The summed E-state index contributed by atoms with van der Waals surface area (Å²) in [5.41, 5.74) is 0.630. The minimum Gasteiger partial charge on any atom is -0.490 e. The topological polar surface area (TPSA) is 29.5 Å². The molecule has 2 nitrogen and oxygen atoms in total. The molecule has 2 heteroatoms. The van der Waals surface area contributed by atoms with Crippen LogP contribution in [0.5, 0.6) is 5.75 Å². The quantitative estimate of drug-likeness (QED) is 0.845. The number of aliphatic hydroxyl groups is 1. The Labute approximate surface area is 97.3 Å². The van der Waals surface area contributed by atoms with Crippen LogP contribution in [0.1, 0.15) is 38.2 Å². The van der Waals surface area contributed by atoms with E-state index in [0.29, 0.717) is 6.61 Å². The maximum atomic E-state index is 10.2. The lowest BCUT2D eigenvalue weighted by Crippen LogP contribution is -2.32. The summed E-state index contributed by atoms with van der Waals surface area (Å²) >= 11 is 0. The number of hydrogen-bond donors (Lipinski definition) is 1. The zero-order valence-electron chi connectivity index (χ0n) is 9.91. The van der Waals surface area contributed by atoms with Crippen molar-refractivity contribution in [2.45, 2.75) is 44.6 Å². The highest BCUT2D eigenvalue weighted by atomic mass is 16.5. The fourth-order valence-electron chi connectivity index (χ4n) is 2.33. The van der Waals surface area contributed by atoms with Gasteiger partial charge in [-0.25, -0.2) is 0 Å². The number of para-hydroxylation sites is 1. The Morgan fingerprint density at radius 2 is 1.94 bits per heavy atom. The van der Waals surface area contributed by atoms with E-state index in [1.165, 1.54) is 5.56 Å². The lowest BCUT2D eigenvalue weighted by Gasteiger charge is -2.23. The molecule has 0 amide bonds. The van der Waals surface area contributed by atoms with Crippen LogP contribution in [0.4, 0.5) is 0 Å². The Morgan fingerprint density at radius 1 is 1.25 bits per heavy atom. The first-order valence-corrected chi connectivity index (χ1v) is 6.17. The van der Waals surface area contributed by atoms with E-state index in [2.05, 4.69) is 13.0 Å². The molecule has 1 saturated carbocycles. The first-order valence-electron chi connectivity index (χ1n) is 6.17. The maximum absolute atomic E-state index is 10.2. The van der Waals surface area contributed by atoms with Crippen molar-refractivity contribution in [1.82, 2.24) is 0 Å². The van der Waals surface area contributed by atoms with E-state index in [-0.39, 0.29) is 0 Å². The van der Waals surface area contributed by atoms with Crippen LogP contribution in [0, 0.1) is 0 Å². The van der Waals surface area contributed by atoms with Crippen molar-refractivity contribution in [2.24, 2.45) is 0 Å². The SMILES string of the molecule is CCc1ccccc1OCC1(O)CCCC1. The summed E-state index contributed by atoms with van der Waals surface area (Å²) in [6.45, 7) is 2.55. The van der Waals surface area contributed by atoms with Crippen LogP contribution in [0.25, 0.3) is 0 Å². The molecular weight excluding hydrogens is 200 g/mol. The third kappa shape index (κ3) is 2.56. The van der Waals surface area contributed by atoms with E-state index in [1.807, 2.05) is 18.2 Å². The summed E-state index contributed by atoms with van der Waals surface area (Å²) in [6, 6.07) is 8.06. The van der Waals surface area contributed by atoms with Crippen LogP contribution in [-0.2, 0) is 6.42 Å². The number of ether oxygens (including phenoxy) is 1. The van der Waals surface area contributed by atoms with E-state index < -0.39 is 5.60 Å². The molecule has 1 fully saturated rings. The summed E-state index contributed by atoms with van der Waals surface area (Å²) in [6.07, 6.45) is 4.96. The molecule has 1 aliphatic rings. The molecular formula is C14H20O2. The molecule has 0 heterocycles. The van der Waals surface area contributed by atoms with Gasteiger partial charge in [0.25, 0.3) is 0 Å². The van der Waals surface area contributed by atoms with Crippen LogP contribution in [0.3, 0.4) is 0 Å². The monoisotopic (exact) mass is 220 g/mol. The first-order chi connectivity index (χ1) is 7.73. The van der Waals surface area contributed by atoms with Gasteiger partial charge in [-0.05, 0) is 30.9 Å². The van der Waals surface area contributed by atoms with Gasteiger partial charge in [-0.15, -0.1) is 0 Å². The van der Waals surface area contributed by atoms with Crippen molar-refractivity contribution in [3.8, 4) is 5.75 Å². The number of hydrogen-bond acceptors (Lipinski definition) is 2. The lowest BCUT2D eigenvalue weighted by molar-refractivity contribution is 0.00115. The Morgan fingerprint density at radius 3 is 2.62 bits per heavy atom. The fraction of sp³-hybridized carbons (Fsp3) is 0.571. The van der Waals surface area contributed by atoms with Gasteiger partial charge in [0.2, 0.25) is 0 Å². The molecule has 0 bridgehead atoms. The van der Waals surface area contributed by atoms with Crippen molar-refractivity contribution in [3.63, 3.8) is 0 Å². The van der Waals surface area contributed by atoms with Gasteiger partial charge in [-0.2, -0.15) is 0 Å². The highest BCUT2D eigenvalue weighted by Gasteiger charge is 2.31. The average molecular weight is 220 g/mol. The maximum Gasteiger partial charge on any atom is 0.122 e. The minimum atomic E-state index is -0.582. The number of rotatable bonds is 4. The molecule has 0 saturated heterocycles. The van der Waals surface area contributed by atoms with Crippen molar-refractivity contribution < 1.29 is 9.84 Å². The second-order valence-electron chi connectivity index (χ2n) is 4.68. The number of benzene rings is 1. The summed E-state index contributed by atoms with van der Waals surface area (Å²) in [7, 11) is 0. The van der Waals surface area contributed by atoms with Gasteiger partial charge >= 0.3 is 0 Å². The molecule has 1 aromatic carbocycles. The molecule has 1 aromatic rings. The lowest BCUT2D eigenvalue weighted by atomic mass is 10.0. The largest absolute Gasteiger partial charge is 0.490 e. The van der Waals surface area contributed by atoms with Gasteiger partial charge in [-0.3, -0.25) is 0 Å². The molecule has 1 N–H and O–H groups in total. The van der Waals surface area contributed by atoms with Crippen molar-refractivity contribution in [3.05, 3.63) is 29.8 Å². The van der Waals surface area contributed by atoms with Gasteiger partial charge in [0.05, 0.1) is 5.60 Å². The van der Waals surface area contributed by atoms with Gasteiger partial charge < -0.3 is 9.84 Å². The zero-order chi connectivity index (χ0) is 11.4. The summed E-state index contributed by atoms with van der Waals surface area (Å²) in [4.78, 5) is 0. The summed E-state index contributed by atoms with van der Waals surface area (Å²) < 4.78 is 5.76. The van der Waals surface area contributed by atoms with Crippen LogP contribution >= 0.6 is 0 Å². The normalized spacial score (nSPS) is 18.6.